The number of nitrogens with two attached hydrogens (primary N) is 1. The molecule has 2 N–H and O–H groups in total. The highest BCUT2D eigenvalue weighted by atomic mass is 32.2. The average Bonchev–Trinajstić information content (AvgIpc) is 2.57. The Morgan fingerprint density at radius 3 is 2.52 bits per heavy atom. The predicted molar refractivity (Wildman–Crippen MR) is 85.8 cm³/mol. The van der Waals surface area contributed by atoms with Crippen LogP contribution < -0.4 is 10.5 Å². The van der Waals surface area contributed by atoms with E-state index in [1.54, 1.807) is 12.1 Å². The summed E-state index contributed by atoms with van der Waals surface area (Å²) in [6.07, 6.45) is 1.97. The second-order valence-corrected chi connectivity index (χ2v) is 7.60. The minimum Gasteiger partial charge on any atom is -0.489 e. The quantitative estimate of drug-likeness (QED) is 0.820. The van der Waals surface area contributed by atoms with Crippen LogP contribution in [0.1, 0.15) is 12.8 Å². The van der Waals surface area contributed by atoms with E-state index in [0.717, 1.165) is 12.8 Å². The van der Waals surface area contributed by atoms with Crippen molar-refractivity contribution < 1.29 is 22.3 Å². The lowest BCUT2D eigenvalue weighted by Crippen LogP contribution is -2.23. The van der Waals surface area contributed by atoms with Crippen LogP contribution in [-0.2, 0) is 14.6 Å². The normalized spacial score (nSPS) is 17.2. The lowest BCUT2D eigenvalue weighted by molar-refractivity contribution is 0.0723. The zero-order valence-corrected chi connectivity index (χ0v) is 13.7. The average molecular weight is 343 g/mol. The van der Waals surface area contributed by atoms with Gasteiger partial charge in [0.1, 0.15) is 12.4 Å². The van der Waals surface area contributed by atoms with E-state index < -0.39 is 9.84 Å². The number of ether oxygens (including phenoxy) is 2. The smallest absolute Gasteiger partial charge is 0.178 e. The van der Waals surface area contributed by atoms with Crippen LogP contribution in [0.3, 0.4) is 0 Å². The molecule has 0 spiro atoms. The van der Waals surface area contributed by atoms with Crippen molar-refractivity contribution in [3.63, 3.8) is 0 Å². The van der Waals surface area contributed by atoms with E-state index in [9.17, 15) is 12.8 Å². The van der Waals surface area contributed by atoms with Crippen LogP contribution >= 0.6 is 0 Å². The van der Waals surface area contributed by atoms with E-state index in [-0.39, 0.29) is 29.7 Å². The third kappa shape index (κ3) is 5.30. The SMILES string of the molecule is NC/C(=C\F)COc1ccc(S(=O)(=O)CC2CCOCC2)cc1. The standard InChI is InChI=1S/C16H22FNO4S/c17-9-14(10-18)11-22-15-1-3-16(4-2-15)23(19,20)12-13-5-7-21-8-6-13/h1-4,9,13H,5-8,10-12,18H2/b14-9+. The van der Waals surface area contributed by atoms with Crippen molar-refractivity contribution >= 4 is 9.84 Å². The van der Waals surface area contributed by atoms with Gasteiger partial charge >= 0.3 is 0 Å². The Balaban J connectivity index is 1.97. The molecular formula is C16H22FNO4S. The molecule has 0 saturated carbocycles. The first-order chi connectivity index (χ1) is 11.0. The van der Waals surface area contributed by atoms with Crippen LogP contribution in [0.4, 0.5) is 4.39 Å². The number of rotatable bonds is 7. The summed E-state index contributed by atoms with van der Waals surface area (Å²) >= 11 is 0. The Bertz CT molecular complexity index is 622. The molecule has 2 rings (SSSR count). The molecule has 0 atom stereocenters. The van der Waals surface area contributed by atoms with Crippen molar-refractivity contribution in [1.82, 2.24) is 0 Å². The fourth-order valence-corrected chi connectivity index (χ4v) is 4.07. The summed E-state index contributed by atoms with van der Waals surface area (Å²) in [5, 5.41) is 0. The van der Waals surface area contributed by atoms with Crippen molar-refractivity contribution in [2.45, 2.75) is 17.7 Å². The maximum absolute atomic E-state index is 12.4. The van der Waals surface area contributed by atoms with Gasteiger partial charge in [-0.2, -0.15) is 0 Å². The maximum atomic E-state index is 12.4. The van der Waals surface area contributed by atoms with Crippen LogP contribution in [0, 0.1) is 5.92 Å². The van der Waals surface area contributed by atoms with Gasteiger partial charge in [-0.1, -0.05) is 0 Å². The lowest BCUT2D eigenvalue weighted by atomic mass is 10.0. The first-order valence-electron chi connectivity index (χ1n) is 7.56. The van der Waals surface area contributed by atoms with E-state index in [1.807, 2.05) is 0 Å². The second-order valence-electron chi connectivity index (χ2n) is 5.57. The van der Waals surface area contributed by atoms with Crippen LogP contribution in [0.25, 0.3) is 0 Å². The molecule has 1 fully saturated rings. The Labute approximate surface area is 136 Å². The third-order valence-corrected chi connectivity index (χ3v) is 5.72. The number of sulfone groups is 1. The summed E-state index contributed by atoms with van der Waals surface area (Å²) in [6.45, 7) is 1.37. The molecule has 1 aromatic carbocycles. The Hall–Kier alpha value is -1.44. The van der Waals surface area contributed by atoms with Crippen LogP contribution in [-0.4, -0.2) is 40.5 Å². The van der Waals surface area contributed by atoms with Crippen molar-refractivity contribution in [3.8, 4) is 5.75 Å². The van der Waals surface area contributed by atoms with E-state index in [2.05, 4.69) is 0 Å². The molecule has 0 unspecified atom stereocenters. The van der Waals surface area contributed by atoms with Gasteiger partial charge in [0, 0.05) is 25.3 Å². The molecule has 7 heteroatoms. The van der Waals surface area contributed by atoms with Crippen LogP contribution in [0.2, 0.25) is 0 Å². The van der Waals surface area contributed by atoms with E-state index in [0.29, 0.717) is 30.9 Å². The molecule has 23 heavy (non-hydrogen) atoms. The zero-order chi connectivity index (χ0) is 16.7. The molecule has 1 aliphatic rings. The molecule has 1 saturated heterocycles. The van der Waals surface area contributed by atoms with E-state index >= 15 is 0 Å². The van der Waals surface area contributed by atoms with Gasteiger partial charge in [-0.05, 0) is 43.0 Å². The number of hydrogen-bond donors (Lipinski definition) is 1. The lowest BCUT2D eigenvalue weighted by Gasteiger charge is -2.21. The van der Waals surface area contributed by atoms with E-state index in [4.69, 9.17) is 15.2 Å². The molecule has 1 aliphatic heterocycles. The molecule has 1 heterocycles. The zero-order valence-electron chi connectivity index (χ0n) is 12.9. The van der Waals surface area contributed by atoms with Gasteiger partial charge in [-0.15, -0.1) is 0 Å². The van der Waals surface area contributed by atoms with Gasteiger partial charge < -0.3 is 15.2 Å². The highest BCUT2D eigenvalue weighted by Crippen LogP contribution is 2.23. The molecule has 0 amide bonds. The molecular weight excluding hydrogens is 321 g/mol. The van der Waals surface area contributed by atoms with Crippen molar-refractivity contribution in [1.29, 1.82) is 0 Å². The van der Waals surface area contributed by atoms with E-state index in [1.165, 1.54) is 12.1 Å². The van der Waals surface area contributed by atoms with Crippen molar-refractivity contribution in [3.05, 3.63) is 36.2 Å². The summed E-state index contributed by atoms with van der Waals surface area (Å²) < 4.78 is 47.8. The minimum absolute atomic E-state index is 0.0428. The summed E-state index contributed by atoms with van der Waals surface area (Å²) in [7, 11) is -3.32. The second kappa shape index (κ2) is 8.42. The summed E-state index contributed by atoms with van der Waals surface area (Å²) in [5.74, 6) is 0.757. The molecule has 0 bridgehead atoms. The number of halogens is 1. The van der Waals surface area contributed by atoms with Gasteiger partial charge in [0.25, 0.3) is 0 Å². The van der Waals surface area contributed by atoms with Crippen molar-refractivity contribution in [2.75, 3.05) is 32.1 Å². The summed E-state index contributed by atoms with van der Waals surface area (Å²) in [4.78, 5) is 0.274. The monoisotopic (exact) mass is 343 g/mol. The maximum Gasteiger partial charge on any atom is 0.178 e. The Morgan fingerprint density at radius 1 is 1.30 bits per heavy atom. The van der Waals surface area contributed by atoms with Gasteiger partial charge in [0.05, 0.1) is 17.0 Å². The highest BCUT2D eigenvalue weighted by molar-refractivity contribution is 7.91. The predicted octanol–water partition coefficient (Wildman–Crippen LogP) is 2.08. The molecule has 0 radical (unpaired) electrons. The molecule has 128 valence electrons. The molecule has 5 nitrogen and oxygen atoms in total. The fraction of sp³-hybridized carbons (Fsp3) is 0.500. The molecule has 0 aromatic heterocycles. The fourth-order valence-electron chi connectivity index (χ4n) is 2.37. The summed E-state index contributed by atoms with van der Waals surface area (Å²) in [6, 6.07) is 6.18. The Kier molecular flexibility index (Phi) is 6.56. The largest absolute Gasteiger partial charge is 0.489 e. The first-order valence-corrected chi connectivity index (χ1v) is 9.22. The Morgan fingerprint density at radius 2 is 1.96 bits per heavy atom. The topological polar surface area (TPSA) is 78.6 Å². The minimum atomic E-state index is -3.32. The van der Waals surface area contributed by atoms with Gasteiger partial charge in [0.15, 0.2) is 9.84 Å². The van der Waals surface area contributed by atoms with Gasteiger partial charge in [0.2, 0.25) is 0 Å². The summed E-state index contributed by atoms with van der Waals surface area (Å²) in [5.41, 5.74) is 5.68. The van der Waals surface area contributed by atoms with Crippen LogP contribution in [0.15, 0.2) is 41.1 Å². The molecule has 0 aliphatic carbocycles. The van der Waals surface area contributed by atoms with Crippen molar-refractivity contribution in [2.24, 2.45) is 11.7 Å². The van der Waals surface area contributed by atoms with Gasteiger partial charge in [-0.25, -0.2) is 12.8 Å². The molecule has 1 aromatic rings. The number of benzene rings is 1. The first kappa shape index (κ1) is 17.9. The van der Waals surface area contributed by atoms with Gasteiger partial charge in [-0.3, -0.25) is 0 Å². The number of hydrogen-bond acceptors (Lipinski definition) is 5. The third-order valence-electron chi connectivity index (χ3n) is 3.82. The highest BCUT2D eigenvalue weighted by Gasteiger charge is 2.23. The van der Waals surface area contributed by atoms with Crippen LogP contribution in [0.5, 0.6) is 5.75 Å².